The monoisotopic (exact) mass is 541 g/mol. The Balaban J connectivity index is 0.000000657. The molecule has 3 fully saturated rings. The van der Waals surface area contributed by atoms with Crippen molar-refractivity contribution >= 4 is 10.4 Å². The quantitative estimate of drug-likeness (QED) is 0.309. The maximum Gasteiger partial charge on any atom is 0.394 e. The van der Waals surface area contributed by atoms with Crippen LogP contribution in [0.3, 0.4) is 0 Å². The van der Waals surface area contributed by atoms with E-state index in [4.69, 9.17) is 17.5 Å². The SMILES string of the molecule is C=C1CC[C@H](O)C/C1=C/C=C1\CCC[C@@]2(C)C1CC[C@@H]2[C@H](C)CCCC(C)C.CN(C)C.O=S(=O)(O)O. The summed E-state index contributed by atoms with van der Waals surface area (Å²) in [6.07, 6.45) is 18.2. The molecule has 37 heavy (non-hydrogen) atoms. The zero-order valence-corrected chi connectivity index (χ0v) is 25.4. The Morgan fingerprint density at radius 3 is 2.22 bits per heavy atom. The van der Waals surface area contributed by atoms with Gasteiger partial charge in [0.2, 0.25) is 0 Å². The molecule has 6 nitrogen and oxygen atoms in total. The molecule has 0 amide bonds. The van der Waals surface area contributed by atoms with Gasteiger partial charge in [0, 0.05) is 0 Å². The number of aliphatic hydroxyl groups excluding tert-OH is 1. The molecule has 0 spiro atoms. The van der Waals surface area contributed by atoms with Crippen LogP contribution >= 0.6 is 0 Å². The molecule has 7 heteroatoms. The Hall–Kier alpha value is -0.990. The molecule has 0 aromatic heterocycles. The first-order valence-electron chi connectivity index (χ1n) is 14.1. The maximum atomic E-state index is 10.0. The van der Waals surface area contributed by atoms with E-state index in [0.717, 1.165) is 42.9 Å². The molecule has 0 radical (unpaired) electrons. The van der Waals surface area contributed by atoms with Gasteiger partial charge >= 0.3 is 10.4 Å². The van der Waals surface area contributed by atoms with Crippen LogP contribution in [0.2, 0.25) is 0 Å². The van der Waals surface area contributed by atoms with E-state index in [2.05, 4.69) is 46.4 Å². The van der Waals surface area contributed by atoms with Gasteiger partial charge in [0.05, 0.1) is 6.10 Å². The summed E-state index contributed by atoms with van der Waals surface area (Å²) in [5.41, 5.74) is 4.72. The van der Waals surface area contributed by atoms with Crippen LogP contribution in [0.5, 0.6) is 0 Å². The molecular formula is C30H55NO5S. The average molecular weight is 542 g/mol. The standard InChI is InChI=1S/C27H44O.C3H9N.H2O4S/c1-19(2)8-6-9-21(4)25-15-16-26-22(10-7-17-27(25,26)5)12-13-23-18-24(28)14-11-20(23)3;1-4(2)3;1-5(2,3)4/h12-13,19,21,24-26,28H,3,6-11,14-18H2,1-2,4-5H3;1-3H3;(H2,1,2,3,4)/b22-12+,23-13-;;/t21-,24+,25-,26?,27-;;/m1../s1. The molecule has 0 aromatic rings. The van der Waals surface area contributed by atoms with Crippen molar-refractivity contribution in [2.75, 3.05) is 21.1 Å². The number of fused-ring (bicyclic) bond motifs is 1. The van der Waals surface area contributed by atoms with E-state index in [1.807, 2.05) is 26.0 Å². The minimum Gasteiger partial charge on any atom is -0.393 e. The molecule has 0 aliphatic heterocycles. The Labute approximate surface area is 227 Å². The number of nitrogens with zero attached hydrogens (tertiary/aromatic N) is 1. The number of hydrogen-bond donors (Lipinski definition) is 3. The summed E-state index contributed by atoms with van der Waals surface area (Å²) in [5.74, 6) is 3.37. The number of aliphatic hydroxyl groups is 1. The summed E-state index contributed by atoms with van der Waals surface area (Å²) in [7, 11) is 1.33. The van der Waals surface area contributed by atoms with E-state index >= 15 is 0 Å². The Kier molecular flexibility index (Phi) is 14.3. The van der Waals surface area contributed by atoms with Gasteiger partial charge in [-0.15, -0.1) is 0 Å². The molecule has 216 valence electrons. The second-order valence-electron chi connectivity index (χ2n) is 12.6. The van der Waals surface area contributed by atoms with Crippen LogP contribution in [-0.2, 0) is 10.4 Å². The third kappa shape index (κ3) is 12.6. The van der Waals surface area contributed by atoms with Gasteiger partial charge in [0.15, 0.2) is 0 Å². The number of rotatable bonds is 6. The van der Waals surface area contributed by atoms with E-state index in [9.17, 15) is 5.11 Å². The lowest BCUT2D eigenvalue weighted by Crippen LogP contribution is -2.36. The van der Waals surface area contributed by atoms with Gasteiger partial charge in [0.1, 0.15) is 0 Å². The first-order chi connectivity index (χ1) is 17.0. The molecule has 1 unspecified atom stereocenters. The topological polar surface area (TPSA) is 98.1 Å². The van der Waals surface area contributed by atoms with Crippen LogP contribution < -0.4 is 0 Å². The predicted molar refractivity (Wildman–Crippen MR) is 155 cm³/mol. The summed E-state index contributed by atoms with van der Waals surface area (Å²) in [6, 6.07) is 0. The van der Waals surface area contributed by atoms with Crippen molar-refractivity contribution in [2.45, 2.75) is 104 Å². The van der Waals surface area contributed by atoms with Gasteiger partial charge in [-0.25, -0.2) is 0 Å². The van der Waals surface area contributed by atoms with Crippen molar-refractivity contribution in [1.29, 1.82) is 0 Å². The summed E-state index contributed by atoms with van der Waals surface area (Å²) in [5, 5.41) is 10.0. The zero-order valence-electron chi connectivity index (χ0n) is 24.5. The van der Waals surface area contributed by atoms with E-state index < -0.39 is 10.4 Å². The maximum absolute atomic E-state index is 10.0. The van der Waals surface area contributed by atoms with Gasteiger partial charge in [-0.1, -0.05) is 76.8 Å². The van der Waals surface area contributed by atoms with Crippen LogP contribution in [-0.4, -0.2) is 54.8 Å². The smallest absolute Gasteiger partial charge is 0.393 e. The van der Waals surface area contributed by atoms with E-state index in [1.54, 1.807) is 5.57 Å². The minimum absolute atomic E-state index is 0.172. The molecule has 3 N–H and O–H groups in total. The molecule has 5 atom stereocenters. The molecule has 3 rings (SSSR count). The Bertz CT molecular complexity index is 866. The van der Waals surface area contributed by atoms with Crippen LogP contribution in [0.15, 0.2) is 35.5 Å². The Morgan fingerprint density at radius 2 is 1.65 bits per heavy atom. The Morgan fingerprint density at radius 1 is 1.05 bits per heavy atom. The van der Waals surface area contributed by atoms with Crippen LogP contribution in [0.1, 0.15) is 98.3 Å². The zero-order chi connectivity index (χ0) is 28.4. The van der Waals surface area contributed by atoms with Crippen molar-refractivity contribution < 1.29 is 22.6 Å². The number of allylic oxidation sites excluding steroid dienone is 4. The van der Waals surface area contributed by atoms with Crippen LogP contribution in [0.4, 0.5) is 0 Å². The molecule has 0 saturated heterocycles. The third-order valence-corrected chi connectivity index (χ3v) is 8.35. The molecule has 0 bridgehead atoms. The van der Waals surface area contributed by atoms with Gasteiger partial charge in [-0.05, 0) is 107 Å². The largest absolute Gasteiger partial charge is 0.394 e. The van der Waals surface area contributed by atoms with Gasteiger partial charge in [0.25, 0.3) is 0 Å². The van der Waals surface area contributed by atoms with E-state index in [1.165, 1.54) is 62.5 Å². The molecule has 0 heterocycles. The first kappa shape index (κ1) is 34.0. The van der Waals surface area contributed by atoms with Crippen molar-refractivity contribution in [3.63, 3.8) is 0 Å². The molecule has 0 aromatic carbocycles. The second-order valence-corrected chi connectivity index (χ2v) is 13.5. The highest BCUT2D eigenvalue weighted by Gasteiger charge is 2.50. The highest BCUT2D eigenvalue weighted by atomic mass is 32.3. The lowest BCUT2D eigenvalue weighted by Gasteiger charge is -2.44. The van der Waals surface area contributed by atoms with Gasteiger partial charge < -0.3 is 10.0 Å². The van der Waals surface area contributed by atoms with Crippen molar-refractivity contribution in [3.8, 4) is 0 Å². The highest BCUT2D eigenvalue weighted by Crippen LogP contribution is 2.59. The predicted octanol–water partition coefficient (Wildman–Crippen LogP) is 7.14. The van der Waals surface area contributed by atoms with Crippen molar-refractivity contribution in [1.82, 2.24) is 4.90 Å². The van der Waals surface area contributed by atoms with Gasteiger partial charge in [-0.3, -0.25) is 9.11 Å². The van der Waals surface area contributed by atoms with Crippen molar-refractivity contribution in [3.05, 3.63) is 35.5 Å². The highest BCUT2D eigenvalue weighted by molar-refractivity contribution is 7.79. The fraction of sp³-hybridized carbons (Fsp3) is 0.800. The van der Waals surface area contributed by atoms with Crippen molar-refractivity contribution in [2.24, 2.45) is 29.1 Å². The normalized spacial score (nSPS) is 31.0. The lowest BCUT2D eigenvalue weighted by molar-refractivity contribution is 0.0928. The summed E-state index contributed by atoms with van der Waals surface area (Å²) in [6.45, 7) is 14.1. The summed E-state index contributed by atoms with van der Waals surface area (Å²) >= 11 is 0. The fourth-order valence-electron chi connectivity index (χ4n) is 6.66. The second kappa shape index (κ2) is 15.6. The molecule has 3 aliphatic rings. The first-order valence-corrected chi connectivity index (χ1v) is 15.5. The third-order valence-electron chi connectivity index (χ3n) is 8.35. The molecule has 3 aliphatic carbocycles. The average Bonchev–Trinajstić information content (AvgIpc) is 3.10. The fourth-order valence-corrected chi connectivity index (χ4v) is 6.66. The lowest BCUT2D eigenvalue weighted by atomic mass is 9.60. The molecule has 3 saturated carbocycles. The minimum atomic E-state index is -4.67. The van der Waals surface area contributed by atoms with Crippen LogP contribution in [0.25, 0.3) is 0 Å². The summed E-state index contributed by atoms with van der Waals surface area (Å²) < 4.78 is 31.6. The van der Waals surface area contributed by atoms with Gasteiger partial charge in [-0.2, -0.15) is 8.42 Å². The summed E-state index contributed by atoms with van der Waals surface area (Å²) in [4.78, 5) is 2.00. The van der Waals surface area contributed by atoms with E-state index in [0.29, 0.717) is 5.41 Å². The van der Waals surface area contributed by atoms with E-state index in [-0.39, 0.29) is 6.10 Å². The van der Waals surface area contributed by atoms with Crippen LogP contribution in [0, 0.1) is 29.1 Å². The molecular weight excluding hydrogens is 486 g/mol. The number of hydrogen-bond acceptors (Lipinski definition) is 4.